The van der Waals surface area contributed by atoms with Gasteiger partial charge in [-0.3, -0.25) is 18.6 Å². The highest BCUT2D eigenvalue weighted by Crippen LogP contribution is 2.23. The summed E-state index contributed by atoms with van der Waals surface area (Å²) in [5, 5.41) is 21.2. The van der Waals surface area contributed by atoms with Gasteiger partial charge in [-0.25, -0.2) is 17.6 Å². The van der Waals surface area contributed by atoms with Crippen molar-refractivity contribution in [2.24, 2.45) is 0 Å². The van der Waals surface area contributed by atoms with Crippen molar-refractivity contribution >= 4 is 33.5 Å². The number of halogens is 1. The Kier molecular flexibility index (Phi) is 11.7. The Morgan fingerprint density at radius 3 is 2.21 bits per heavy atom. The number of nitrogens with one attached hydrogen (secondary N) is 2. The van der Waals surface area contributed by atoms with E-state index >= 15 is 0 Å². The number of amides is 2. The van der Waals surface area contributed by atoms with Crippen molar-refractivity contribution in [3.05, 3.63) is 119 Å². The highest BCUT2D eigenvalue weighted by atomic mass is 32.2. The highest BCUT2D eigenvalue weighted by molar-refractivity contribution is 7.92. The Morgan fingerprint density at radius 1 is 0.979 bits per heavy atom. The van der Waals surface area contributed by atoms with E-state index in [0.29, 0.717) is 5.56 Å². The van der Waals surface area contributed by atoms with E-state index in [1.165, 1.54) is 66.5 Å². The van der Waals surface area contributed by atoms with Gasteiger partial charge >= 0.3 is 5.97 Å². The Hall–Kier alpha value is -5.08. The fourth-order valence-corrected chi connectivity index (χ4v) is 5.41. The lowest BCUT2D eigenvalue weighted by molar-refractivity contribution is 0.0497. The molecule has 48 heavy (non-hydrogen) atoms. The summed E-state index contributed by atoms with van der Waals surface area (Å²) in [6.45, 7) is 3.36. The summed E-state index contributed by atoms with van der Waals surface area (Å²) in [5.74, 6) is -2.33. The molecular formula is C34H38FN5O7S. The first-order valence-corrected chi connectivity index (χ1v) is 17.0. The Balaban J connectivity index is 1.65. The number of aliphatic hydroxyl groups excluding tert-OH is 1. The number of hydrogen-bond acceptors (Lipinski definition) is 8. The van der Waals surface area contributed by atoms with Crippen LogP contribution in [0.3, 0.4) is 0 Å². The van der Waals surface area contributed by atoms with E-state index in [4.69, 9.17) is 4.74 Å². The number of carbonyl (C=O) groups is 3. The van der Waals surface area contributed by atoms with Crippen molar-refractivity contribution in [3.63, 3.8) is 0 Å². The van der Waals surface area contributed by atoms with Crippen molar-refractivity contribution in [3.8, 4) is 0 Å². The molecule has 0 saturated carbocycles. The standard InChI is InChI=1S/C34H38FN5O7S/c1-5-47-34(44)30-15-16-36-40(30)21-31(41)29(17-23-9-7-6-8-10-23)38-33(43)26-18-25(19-28(20-26)39(3)48(4,45)46)32(42)37-22(2)24-11-13-27(35)14-12-24/h6-16,18-20,22,29,31,41H,5,17,21H2,1-4H3,(H,37,42)(H,38,43)/t22-,29+,31+/m1/s1. The number of rotatable bonds is 14. The van der Waals surface area contributed by atoms with E-state index in [1.54, 1.807) is 13.8 Å². The van der Waals surface area contributed by atoms with Gasteiger partial charge in [-0.15, -0.1) is 0 Å². The van der Waals surface area contributed by atoms with E-state index in [0.717, 1.165) is 16.1 Å². The smallest absolute Gasteiger partial charge is 0.356 e. The molecule has 12 nitrogen and oxygen atoms in total. The van der Waals surface area contributed by atoms with Gasteiger partial charge in [0.25, 0.3) is 11.8 Å². The second kappa shape index (κ2) is 15.7. The Bertz CT molecular complexity index is 1850. The fraction of sp³-hybridized carbons (Fsp3) is 0.294. The van der Waals surface area contributed by atoms with Crippen molar-refractivity contribution < 1.29 is 37.0 Å². The first-order chi connectivity index (χ1) is 22.8. The molecule has 0 unspecified atom stereocenters. The highest BCUT2D eigenvalue weighted by Gasteiger charge is 2.27. The van der Waals surface area contributed by atoms with Crippen LogP contribution in [0, 0.1) is 5.82 Å². The largest absolute Gasteiger partial charge is 0.461 e. The van der Waals surface area contributed by atoms with Gasteiger partial charge in [0.05, 0.1) is 43.3 Å². The summed E-state index contributed by atoms with van der Waals surface area (Å²) >= 11 is 0. The predicted octanol–water partition coefficient (Wildman–Crippen LogP) is 3.49. The maximum Gasteiger partial charge on any atom is 0.356 e. The molecule has 4 aromatic rings. The normalized spacial score (nSPS) is 13.2. The topological polar surface area (TPSA) is 160 Å². The number of hydrogen-bond donors (Lipinski definition) is 3. The van der Waals surface area contributed by atoms with Crippen LogP contribution in [0.25, 0.3) is 0 Å². The minimum absolute atomic E-state index is 0.00195. The molecule has 0 spiro atoms. The maximum atomic E-state index is 13.8. The van der Waals surface area contributed by atoms with Gasteiger partial charge in [0.15, 0.2) is 0 Å². The van der Waals surface area contributed by atoms with Crippen LogP contribution in [0.4, 0.5) is 10.1 Å². The monoisotopic (exact) mass is 679 g/mol. The molecule has 1 heterocycles. The van der Waals surface area contributed by atoms with Gasteiger partial charge in [-0.2, -0.15) is 5.10 Å². The van der Waals surface area contributed by atoms with Gasteiger partial charge < -0.3 is 20.5 Å². The Morgan fingerprint density at radius 2 is 1.60 bits per heavy atom. The molecule has 3 aromatic carbocycles. The van der Waals surface area contributed by atoms with Crippen molar-refractivity contribution in [1.29, 1.82) is 0 Å². The van der Waals surface area contributed by atoms with Gasteiger partial charge in [0.1, 0.15) is 11.5 Å². The van der Waals surface area contributed by atoms with Crippen LogP contribution >= 0.6 is 0 Å². The van der Waals surface area contributed by atoms with Crippen molar-refractivity contribution in [2.75, 3.05) is 24.2 Å². The van der Waals surface area contributed by atoms with Crippen LogP contribution in [-0.2, 0) is 27.7 Å². The number of ether oxygens (including phenoxy) is 1. The fourth-order valence-electron chi connectivity index (χ4n) is 4.93. The number of benzene rings is 3. The molecule has 0 aliphatic heterocycles. The quantitative estimate of drug-likeness (QED) is 0.171. The zero-order valence-electron chi connectivity index (χ0n) is 27.0. The van der Waals surface area contributed by atoms with Crippen molar-refractivity contribution in [1.82, 2.24) is 20.4 Å². The predicted molar refractivity (Wildman–Crippen MR) is 178 cm³/mol. The van der Waals surface area contributed by atoms with Crippen LogP contribution in [0.5, 0.6) is 0 Å². The number of sulfonamides is 1. The second-order valence-electron chi connectivity index (χ2n) is 11.2. The third-order valence-corrected chi connectivity index (χ3v) is 8.87. The molecule has 4 rings (SSSR count). The summed E-state index contributed by atoms with van der Waals surface area (Å²) in [6.07, 6.45) is 1.33. The Labute approximate surface area is 278 Å². The second-order valence-corrected chi connectivity index (χ2v) is 13.2. The minimum Gasteiger partial charge on any atom is -0.461 e. The number of anilines is 1. The average molecular weight is 680 g/mol. The molecule has 0 aliphatic rings. The molecule has 14 heteroatoms. The zero-order chi connectivity index (χ0) is 35.0. The number of esters is 1. The van der Waals surface area contributed by atoms with E-state index < -0.39 is 51.8 Å². The lowest BCUT2D eigenvalue weighted by atomic mass is 10.00. The van der Waals surface area contributed by atoms with Crippen LogP contribution in [0.1, 0.15) is 62.2 Å². The molecule has 0 aliphatic carbocycles. The number of nitrogens with zero attached hydrogens (tertiary/aromatic N) is 3. The van der Waals surface area contributed by atoms with Gasteiger partial charge in [-0.05, 0) is 67.8 Å². The van der Waals surface area contributed by atoms with Crippen LogP contribution < -0.4 is 14.9 Å². The van der Waals surface area contributed by atoms with Gasteiger partial charge in [-0.1, -0.05) is 42.5 Å². The van der Waals surface area contributed by atoms with Gasteiger partial charge in [0.2, 0.25) is 10.0 Å². The molecule has 254 valence electrons. The lowest BCUT2D eigenvalue weighted by Gasteiger charge is -2.25. The zero-order valence-corrected chi connectivity index (χ0v) is 27.8. The molecule has 0 radical (unpaired) electrons. The van der Waals surface area contributed by atoms with Crippen LogP contribution in [-0.4, -0.2) is 73.1 Å². The molecule has 1 aromatic heterocycles. The van der Waals surface area contributed by atoms with Crippen LogP contribution in [0.2, 0.25) is 0 Å². The third kappa shape index (κ3) is 9.26. The van der Waals surface area contributed by atoms with E-state index in [9.17, 15) is 32.3 Å². The van der Waals surface area contributed by atoms with Crippen molar-refractivity contribution in [2.45, 2.75) is 45.0 Å². The van der Waals surface area contributed by atoms with E-state index in [2.05, 4.69) is 15.7 Å². The first-order valence-electron chi connectivity index (χ1n) is 15.1. The minimum atomic E-state index is -3.79. The number of carbonyl (C=O) groups excluding carboxylic acids is 3. The van der Waals surface area contributed by atoms with Gasteiger partial charge in [0, 0.05) is 24.4 Å². The number of aliphatic hydroxyl groups is 1. The summed E-state index contributed by atoms with van der Waals surface area (Å²) < 4.78 is 45.6. The molecule has 0 saturated heterocycles. The summed E-state index contributed by atoms with van der Waals surface area (Å²) in [6, 6.07) is 18.7. The third-order valence-electron chi connectivity index (χ3n) is 7.66. The maximum absolute atomic E-state index is 13.8. The SMILES string of the molecule is CCOC(=O)c1ccnn1C[C@H](O)[C@H](Cc1ccccc1)NC(=O)c1cc(C(=O)N[C@H](C)c2ccc(F)cc2)cc(N(C)S(C)(=O)=O)c1. The number of aromatic nitrogens is 2. The summed E-state index contributed by atoms with van der Waals surface area (Å²) in [5.41, 5.74) is 1.57. The first kappa shape index (κ1) is 35.8. The molecule has 2 amide bonds. The molecule has 3 atom stereocenters. The van der Waals surface area contributed by atoms with Crippen LogP contribution in [0.15, 0.2) is 85.1 Å². The molecular weight excluding hydrogens is 641 g/mol. The lowest BCUT2D eigenvalue weighted by Crippen LogP contribution is -2.47. The summed E-state index contributed by atoms with van der Waals surface area (Å²) in [7, 11) is -2.49. The van der Waals surface area contributed by atoms with E-state index in [1.807, 2.05) is 30.3 Å². The molecule has 0 fully saturated rings. The average Bonchev–Trinajstić information content (AvgIpc) is 3.52. The molecule has 0 bridgehead atoms. The molecule has 3 N–H and O–H groups in total. The van der Waals surface area contributed by atoms with E-state index in [-0.39, 0.29) is 42.1 Å². The summed E-state index contributed by atoms with van der Waals surface area (Å²) in [4.78, 5) is 39.6.